The largest absolute Gasteiger partial charge is 0.497 e. The minimum Gasteiger partial charge on any atom is -0.497 e. The Labute approximate surface area is 134 Å². The average molecular weight is 314 g/mol. The molecule has 0 fully saturated rings. The Kier molecular flexibility index (Phi) is 4.02. The fourth-order valence-electron chi connectivity index (χ4n) is 2.51. The van der Waals surface area contributed by atoms with E-state index in [9.17, 15) is 0 Å². The number of benzene rings is 2. The van der Waals surface area contributed by atoms with Gasteiger partial charge in [0.15, 0.2) is 0 Å². The Morgan fingerprint density at radius 3 is 2.09 bits per heavy atom. The Bertz CT molecular complexity index is 835. The molecule has 3 aromatic rings. The van der Waals surface area contributed by atoms with Crippen LogP contribution in [0.1, 0.15) is 0 Å². The van der Waals surface area contributed by atoms with E-state index in [1.807, 2.05) is 36.4 Å². The zero-order valence-electron chi connectivity index (χ0n) is 13.5. The van der Waals surface area contributed by atoms with Gasteiger partial charge in [-0.3, -0.25) is 0 Å². The molecule has 0 unspecified atom stereocenters. The van der Waals surface area contributed by atoms with Crippen LogP contribution < -0.4 is 18.9 Å². The number of hydrogen-bond acceptors (Lipinski definition) is 5. The summed E-state index contributed by atoms with van der Waals surface area (Å²) < 4.78 is 27.4. The van der Waals surface area contributed by atoms with Gasteiger partial charge < -0.3 is 23.4 Å². The molecule has 0 spiro atoms. The van der Waals surface area contributed by atoms with Crippen LogP contribution in [0.4, 0.5) is 0 Å². The molecular weight excluding hydrogens is 296 g/mol. The van der Waals surface area contributed by atoms with E-state index in [4.69, 9.17) is 23.4 Å². The maximum atomic E-state index is 5.99. The summed E-state index contributed by atoms with van der Waals surface area (Å²) in [5.74, 6) is 3.47. The highest BCUT2D eigenvalue weighted by Gasteiger charge is 2.16. The van der Waals surface area contributed by atoms with Crippen LogP contribution >= 0.6 is 0 Å². The summed E-state index contributed by atoms with van der Waals surface area (Å²) in [6, 6.07) is 11.1. The zero-order valence-corrected chi connectivity index (χ0v) is 13.5. The standard InChI is InChI=1S/C18H18O5/c1-19-11-5-6-15(21-3)13(7-11)18-10-14-16(22-4)8-12(20-2)9-17(14)23-18/h5-10H,1-4H3. The van der Waals surface area contributed by atoms with Crippen molar-refractivity contribution in [3.8, 4) is 34.3 Å². The van der Waals surface area contributed by atoms with Crippen molar-refractivity contribution in [3.63, 3.8) is 0 Å². The smallest absolute Gasteiger partial charge is 0.142 e. The van der Waals surface area contributed by atoms with Gasteiger partial charge in [0.25, 0.3) is 0 Å². The van der Waals surface area contributed by atoms with Gasteiger partial charge in [0.05, 0.1) is 39.4 Å². The van der Waals surface area contributed by atoms with Crippen molar-refractivity contribution in [2.75, 3.05) is 28.4 Å². The molecule has 0 bridgehead atoms. The van der Waals surface area contributed by atoms with Crippen LogP contribution in [0.5, 0.6) is 23.0 Å². The second-order valence-corrected chi connectivity index (χ2v) is 4.92. The molecule has 120 valence electrons. The van der Waals surface area contributed by atoms with Gasteiger partial charge in [-0.1, -0.05) is 0 Å². The lowest BCUT2D eigenvalue weighted by Crippen LogP contribution is -1.89. The fourth-order valence-corrected chi connectivity index (χ4v) is 2.51. The van der Waals surface area contributed by atoms with Gasteiger partial charge in [0.1, 0.15) is 34.3 Å². The van der Waals surface area contributed by atoms with E-state index < -0.39 is 0 Å². The molecule has 0 saturated carbocycles. The topological polar surface area (TPSA) is 50.1 Å². The molecule has 1 aromatic heterocycles. The number of rotatable bonds is 5. The van der Waals surface area contributed by atoms with Crippen molar-refractivity contribution >= 4 is 11.0 Å². The van der Waals surface area contributed by atoms with Crippen LogP contribution in [-0.4, -0.2) is 28.4 Å². The molecule has 0 N–H and O–H groups in total. The molecule has 0 aliphatic carbocycles. The molecule has 5 heteroatoms. The maximum Gasteiger partial charge on any atom is 0.142 e. The minimum atomic E-state index is 0.669. The fraction of sp³-hybridized carbons (Fsp3) is 0.222. The summed E-state index contributed by atoms with van der Waals surface area (Å²) in [5, 5.41) is 0.869. The van der Waals surface area contributed by atoms with Crippen molar-refractivity contribution in [2.45, 2.75) is 0 Å². The van der Waals surface area contributed by atoms with E-state index in [1.54, 1.807) is 28.4 Å². The third kappa shape index (κ3) is 2.65. The molecule has 0 amide bonds. The quantitative estimate of drug-likeness (QED) is 0.708. The Balaban J connectivity index is 2.21. The second-order valence-electron chi connectivity index (χ2n) is 4.92. The van der Waals surface area contributed by atoms with Crippen molar-refractivity contribution < 1.29 is 23.4 Å². The molecule has 0 radical (unpaired) electrons. The monoisotopic (exact) mass is 314 g/mol. The van der Waals surface area contributed by atoms with Crippen LogP contribution in [0.2, 0.25) is 0 Å². The molecule has 1 heterocycles. The van der Waals surface area contributed by atoms with Gasteiger partial charge in [-0.15, -0.1) is 0 Å². The van der Waals surface area contributed by atoms with Crippen LogP contribution in [0.3, 0.4) is 0 Å². The summed E-state index contributed by atoms with van der Waals surface area (Å²) in [6.07, 6.45) is 0. The van der Waals surface area contributed by atoms with Gasteiger partial charge in [0, 0.05) is 12.1 Å². The maximum absolute atomic E-state index is 5.99. The van der Waals surface area contributed by atoms with Gasteiger partial charge in [0.2, 0.25) is 0 Å². The first-order chi connectivity index (χ1) is 11.2. The zero-order chi connectivity index (χ0) is 16.4. The minimum absolute atomic E-state index is 0.669. The second kappa shape index (κ2) is 6.12. The Morgan fingerprint density at radius 1 is 0.696 bits per heavy atom. The van der Waals surface area contributed by atoms with E-state index in [-0.39, 0.29) is 0 Å². The molecule has 2 aromatic carbocycles. The van der Waals surface area contributed by atoms with E-state index >= 15 is 0 Å². The Morgan fingerprint density at radius 2 is 1.43 bits per heavy atom. The van der Waals surface area contributed by atoms with Crippen LogP contribution in [0.25, 0.3) is 22.3 Å². The number of ether oxygens (including phenoxy) is 4. The summed E-state index contributed by atoms with van der Waals surface area (Å²) in [4.78, 5) is 0. The summed E-state index contributed by atoms with van der Waals surface area (Å²) in [5.41, 5.74) is 1.49. The number of hydrogen-bond donors (Lipinski definition) is 0. The SMILES string of the molecule is COc1ccc(OC)c(-c2cc3c(OC)cc(OC)cc3o2)c1. The van der Waals surface area contributed by atoms with Crippen molar-refractivity contribution in [3.05, 3.63) is 36.4 Å². The predicted molar refractivity (Wildman–Crippen MR) is 87.9 cm³/mol. The van der Waals surface area contributed by atoms with Gasteiger partial charge in [-0.25, -0.2) is 0 Å². The highest BCUT2D eigenvalue weighted by molar-refractivity contribution is 5.90. The lowest BCUT2D eigenvalue weighted by atomic mass is 10.1. The lowest BCUT2D eigenvalue weighted by molar-refractivity contribution is 0.397. The van der Waals surface area contributed by atoms with E-state index in [1.165, 1.54) is 0 Å². The highest BCUT2D eigenvalue weighted by atomic mass is 16.5. The highest BCUT2D eigenvalue weighted by Crippen LogP contribution is 2.40. The van der Waals surface area contributed by atoms with Crippen molar-refractivity contribution in [2.24, 2.45) is 0 Å². The molecule has 0 aliphatic rings. The third-order valence-corrected chi connectivity index (χ3v) is 3.70. The predicted octanol–water partition coefficient (Wildman–Crippen LogP) is 4.13. The summed E-state index contributed by atoms with van der Waals surface area (Å²) >= 11 is 0. The third-order valence-electron chi connectivity index (χ3n) is 3.70. The van der Waals surface area contributed by atoms with Crippen LogP contribution in [0, 0.1) is 0 Å². The number of methoxy groups -OCH3 is 4. The number of furan rings is 1. The molecular formula is C18H18O5. The summed E-state index contributed by atoms with van der Waals surface area (Å²) in [7, 11) is 6.47. The lowest BCUT2D eigenvalue weighted by Gasteiger charge is -2.08. The first-order valence-corrected chi connectivity index (χ1v) is 7.08. The van der Waals surface area contributed by atoms with Crippen molar-refractivity contribution in [1.82, 2.24) is 0 Å². The van der Waals surface area contributed by atoms with E-state index in [0.717, 1.165) is 16.7 Å². The number of fused-ring (bicyclic) bond motifs is 1. The van der Waals surface area contributed by atoms with Gasteiger partial charge in [-0.2, -0.15) is 0 Å². The van der Waals surface area contributed by atoms with E-state index in [0.29, 0.717) is 28.6 Å². The molecule has 0 saturated heterocycles. The van der Waals surface area contributed by atoms with Crippen LogP contribution in [-0.2, 0) is 0 Å². The molecule has 0 atom stereocenters. The van der Waals surface area contributed by atoms with Gasteiger partial charge >= 0.3 is 0 Å². The van der Waals surface area contributed by atoms with Crippen molar-refractivity contribution in [1.29, 1.82) is 0 Å². The van der Waals surface area contributed by atoms with Gasteiger partial charge in [-0.05, 0) is 24.3 Å². The Hall–Kier alpha value is -2.82. The molecule has 5 nitrogen and oxygen atoms in total. The normalized spacial score (nSPS) is 10.6. The molecule has 0 aliphatic heterocycles. The first-order valence-electron chi connectivity index (χ1n) is 7.08. The summed E-state index contributed by atoms with van der Waals surface area (Å²) in [6.45, 7) is 0. The van der Waals surface area contributed by atoms with Crippen LogP contribution in [0.15, 0.2) is 40.8 Å². The van der Waals surface area contributed by atoms with E-state index in [2.05, 4.69) is 0 Å². The average Bonchev–Trinajstić information content (AvgIpc) is 3.03. The molecule has 3 rings (SSSR count). The molecule has 23 heavy (non-hydrogen) atoms. The first kappa shape index (κ1) is 15.1.